The number of anilines is 7. The van der Waals surface area contributed by atoms with Gasteiger partial charge in [-0.3, -0.25) is 0 Å². The van der Waals surface area contributed by atoms with Crippen LogP contribution in [-0.2, 0) is 0 Å². The number of nitrogens with two attached hydrogens (primary N) is 1. The van der Waals surface area contributed by atoms with Crippen molar-refractivity contribution in [2.75, 3.05) is 35.9 Å². The standard InChI is InChI=1S/C23H23N7O2/c1-31-19-11-7-17(8-12-19)26-22-28-21(25-16-5-3-15(24)4-6-16)29-23(30-22)27-18-9-13-20(32-2)14-10-18/h3-14H,24H2,1-2H3,(H3,25,26,27,28,29,30). The number of ether oxygens (including phenoxy) is 2. The number of benzene rings is 3. The lowest BCUT2D eigenvalue weighted by Gasteiger charge is -2.12. The Kier molecular flexibility index (Phi) is 6.17. The second-order valence-corrected chi connectivity index (χ2v) is 6.76. The van der Waals surface area contributed by atoms with Gasteiger partial charge >= 0.3 is 0 Å². The van der Waals surface area contributed by atoms with Crippen LogP contribution in [-0.4, -0.2) is 29.2 Å². The lowest BCUT2D eigenvalue weighted by molar-refractivity contribution is 0.415. The van der Waals surface area contributed by atoms with Crippen LogP contribution in [0.5, 0.6) is 11.5 Å². The number of hydrogen-bond donors (Lipinski definition) is 4. The summed E-state index contributed by atoms with van der Waals surface area (Å²) >= 11 is 0. The predicted molar refractivity (Wildman–Crippen MR) is 127 cm³/mol. The van der Waals surface area contributed by atoms with Crippen LogP contribution < -0.4 is 31.2 Å². The van der Waals surface area contributed by atoms with Gasteiger partial charge in [-0.15, -0.1) is 0 Å². The largest absolute Gasteiger partial charge is 0.497 e. The van der Waals surface area contributed by atoms with E-state index in [1.54, 1.807) is 26.4 Å². The monoisotopic (exact) mass is 429 g/mol. The minimum absolute atomic E-state index is 0.372. The highest BCUT2D eigenvalue weighted by Crippen LogP contribution is 2.23. The first-order valence-corrected chi connectivity index (χ1v) is 9.82. The Morgan fingerprint density at radius 3 is 1.16 bits per heavy atom. The van der Waals surface area contributed by atoms with Crippen LogP contribution in [0.2, 0.25) is 0 Å². The Morgan fingerprint density at radius 2 is 0.844 bits per heavy atom. The Labute approximate surface area is 185 Å². The molecule has 0 unspecified atom stereocenters. The van der Waals surface area contributed by atoms with Crippen molar-refractivity contribution in [1.29, 1.82) is 0 Å². The molecule has 0 saturated carbocycles. The van der Waals surface area contributed by atoms with Gasteiger partial charge in [0.05, 0.1) is 14.2 Å². The first-order valence-electron chi connectivity index (χ1n) is 9.82. The molecule has 0 spiro atoms. The molecule has 32 heavy (non-hydrogen) atoms. The SMILES string of the molecule is COc1ccc(Nc2nc(Nc3ccc(N)cc3)nc(Nc3ccc(OC)cc3)n2)cc1. The number of hydrogen-bond acceptors (Lipinski definition) is 9. The lowest BCUT2D eigenvalue weighted by atomic mass is 10.3. The van der Waals surface area contributed by atoms with Gasteiger partial charge in [0, 0.05) is 22.7 Å². The first kappa shape index (κ1) is 20.7. The van der Waals surface area contributed by atoms with Gasteiger partial charge in [0.15, 0.2) is 0 Å². The van der Waals surface area contributed by atoms with Crippen LogP contribution in [0.15, 0.2) is 72.8 Å². The van der Waals surface area contributed by atoms with Crippen LogP contribution in [0.25, 0.3) is 0 Å². The zero-order valence-corrected chi connectivity index (χ0v) is 17.7. The summed E-state index contributed by atoms with van der Waals surface area (Å²) < 4.78 is 10.4. The van der Waals surface area contributed by atoms with E-state index >= 15 is 0 Å². The van der Waals surface area contributed by atoms with E-state index in [-0.39, 0.29) is 0 Å². The molecule has 0 aliphatic rings. The van der Waals surface area contributed by atoms with E-state index in [4.69, 9.17) is 15.2 Å². The molecule has 0 bridgehead atoms. The van der Waals surface area contributed by atoms with Crippen molar-refractivity contribution in [3.05, 3.63) is 72.8 Å². The molecule has 0 saturated heterocycles. The van der Waals surface area contributed by atoms with Gasteiger partial charge in [-0.2, -0.15) is 15.0 Å². The molecular weight excluding hydrogens is 406 g/mol. The van der Waals surface area contributed by atoms with Crippen molar-refractivity contribution < 1.29 is 9.47 Å². The number of aromatic nitrogens is 3. The molecule has 0 aliphatic carbocycles. The molecule has 0 atom stereocenters. The van der Waals surface area contributed by atoms with E-state index in [0.717, 1.165) is 28.6 Å². The summed E-state index contributed by atoms with van der Waals surface area (Å²) in [5.74, 6) is 2.65. The summed E-state index contributed by atoms with van der Waals surface area (Å²) in [5, 5.41) is 9.58. The van der Waals surface area contributed by atoms with Crippen molar-refractivity contribution in [3.63, 3.8) is 0 Å². The molecule has 0 amide bonds. The van der Waals surface area contributed by atoms with E-state index in [9.17, 15) is 0 Å². The molecule has 9 heteroatoms. The van der Waals surface area contributed by atoms with E-state index in [0.29, 0.717) is 23.5 Å². The maximum atomic E-state index is 5.77. The molecular formula is C23H23N7O2. The second kappa shape index (κ2) is 9.52. The van der Waals surface area contributed by atoms with Gasteiger partial charge in [-0.25, -0.2) is 0 Å². The normalized spacial score (nSPS) is 10.3. The van der Waals surface area contributed by atoms with E-state index in [1.165, 1.54) is 0 Å². The second-order valence-electron chi connectivity index (χ2n) is 6.76. The molecule has 3 aromatic carbocycles. The van der Waals surface area contributed by atoms with E-state index in [1.807, 2.05) is 60.7 Å². The number of nitrogen functional groups attached to an aromatic ring is 1. The van der Waals surface area contributed by atoms with Crippen molar-refractivity contribution >= 4 is 40.6 Å². The summed E-state index contributed by atoms with van der Waals surface area (Å²) in [6.07, 6.45) is 0. The molecule has 0 aliphatic heterocycles. The molecule has 5 N–H and O–H groups in total. The summed E-state index contributed by atoms with van der Waals surface area (Å²) in [7, 11) is 3.25. The van der Waals surface area contributed by atoms with Crippen LogP contribution in [0.3, 0.4) is 0 Å². The zero-order valence-electron chi connectivity index (χ0n) is 17.7. The third-order valence-corrected chi connectivity index (χ3v) is 4.49. The molecule has 0 fully saturated rings. The number of methoxy groups -OCH3 is 2. The summed E-state index contributed by atoms with van der Waals surface area (Å²) in [4.78, 5) is 13.5. The Morgan fingerprint density at radius 1 is 0.531 bits per heavy atom. The third kappa shape index (κ3) is 5.33. The summed E-state index contributed by atoms with van der Waals surface area (Å²) in [6.45, 7) is 0. The Bertz CT molecular complexity index is 1100. The van der Waals surface area contributed by atoms with Gasteiger partial charge in [0.25, 0.3) is 0 Å². The molecule has 4 aromatic rings. The molecule has 1 aromatic heterocycles. The summed E-state index contributed by atoms with van der Waals surface area (Å²) in [5.41, 5.74) is 8.87. The van der Waals surface area contributed by atoms with Crippen molar-refractivity contribution in [3.8, 4) is 11.5 Å². The van der Waals surface area contributed by atoms with Gasteiger partial charge < -0.3 is 31.2 Å². The van der Waals surface area contributed by atoms with Gasteiger partial charge in [0.1, 0.15) is 11.5 Å². The average molecular weight is 429 g/mol. The minimum Gasteiger partial charge on any atom is -0.497 e. The van der Waals surface area contributed by atoms with Gasteiger partial charge in [-0.05, 0) is 72.8 Å². The van der Waals surface area contributed by atoms with Crippen molar-refractivity contribution in [2.24, 2.45) is 0 Å². The fourth-order valence-electron chi connectivity index (χ4n) is 2.85. The number of nitrogens with zero attached hydrogens (tertiary/aromatic N) is 3. The molecule has 0 radical (unpaired) electrons. The fourth-order valence-corrected chi connectivity index (χ4v) is 2.85. The van der Waals surface area contributed by atoms with E-state index < -0.39 is 0 Å². The van der Waals surface area contributed by atoms with Crippen LogP contribution in [0.4, 0.5) is 40.6 Å². The molecule has 1 heterocycles. The summed E-state index contributed by atoms with van der Waals surface area (Å²) in [6, 6.07) is 22.3. The number of rotatable bonds is 8. The smallest absolute Gasteiger partial charge is 0.233 e. The van der Waals surface area contributed by atoms with Crippen molar-refractivity contribution in [2.45, 2.75) is 0 Å². The maximum Gasteiger partial charge on any atom is 0.233 e. The topological polar surface area (TPSA) is 119 Å². The molecule has 4 rings (SSSR count). The maximum absolute atomic E-state index is 5.77. The highest BCUT2D eigenvalue weighted by molar-refractivity contribution is 5.63. The molecule has 9 nitrogen and oxygen atoms in total. The third-order valence-electron chi connectivity index (χ3n) is 4.49. The van der Waals surface area contributed by atoms with Gasteiger partial charge in [0.2, 0.25) is 17.8 Å². The zero-order chi connectivity index (χ0) is 22.3. The van der Waals surface area contributed by atoms with Crippen LogP contribution in [0, 0.1) is 0 Å². The highest BCUT2D eigenvalue weighted by atomic mass is 16.5. The Hall–Kier alpha value is -4.53. The highest BCUT2D eigenvalue weighted by Gasteiger charge is 2.09. The Balaban J connectivity index is 1.62. The van der Waals surface area contributed by atoms with E-state index in [2.05, 4.69) is 30.9 Å². The van der Waals surface area contributed by atoms with Crippen LogP contribution in [0.1, 0.15) is 0 Å². The first-order chi connectivity index (χ1) is 15.6. The van der Waals surface area contributed by atoms with Crippen molar-refractivity contribution in [1.82, 2.24) is 15.0 Å². The van der Waals surface area contributed by atoms with Crippen LogP contribution >= 0.6 is 0 Å². The molecule has 162 valence electrons. The fraction of sp³-hybridized carbons (Fsp3) is 0.0870. The quantitative estimate of drug-likeness (QED) is 0.295. The van der Waals surface area contributed by atoms with Gasteiger partial charge in [-0.1, -0.05) is 0 Å². The predicted octanol–water partition coefficient (Wildman–Crippen LogP) is 4.70. The minimum atomic E-state index is 0.372. The number of nitrogens with one attached hydrogen (secondary N) is 3. The average Bonchev–Trinajstić information content (AvgIpc) is 2.81. The lowest BCUT2D eigenvalue weighted by Crippen LogP contribution is -2.07.